The van der Waals surface area contributed by atoms with Crippen LogP contribution >= 0.6 is 0 Å². The second kappa shape index (κ2) is 4.06. The molecule has 0 spiro atoms. The Labute approximate surface area is 95.3 Å². The fourth-order valence-corrected chi connectivity index (χ4v) is 2.11. The van der Waals surface area contributed by atoms with Crippen molar-refractivity contribution in [2.75, 3.05) is 6.54 Å². The van der Waals surface area contributed by atoms with Crippen LogP contribution in [0.5, 0.6) is 0 Å². The number of benzene rings is 1. The summed E-state index contributed by atoms with van der Waals surface area (Å²) in [4.78, 5) is 4.74. The first kappa shape index (κ1) is 9.55. The minimum Gasteiger partial charge on any atom is -0.312 e. The summed E-state index contributed by atoms with van der Waals surface area (Å²) in [6.45, 7) is 2.00. The summed E-state index contributed by atoms with van der Waals surface area (Å²) in [6.07, 6.45) is 1.04. The van der Waals surface area contributed by atoms with Crippen molar-refractivity contribution in [1.29, 1.82) is 0 Å². The Morgan fingerprint density at radius 3 is 2.75 bits per heavy atom. The molecule has 0 saturated heterocycles. The van der Waals surface area contributed by atoms with Crippen LogP contribution in [0.3, 0.4) is 0 Å². The largest absolute Gasteiger partial charge is 0.312 e. The molecular formula is C14H14N2. The second-order valence-electron chi connectivity index (χ2n) is 4.10. The van der Waals surface area contributed by atoms with Crippen LogP contribution in [0.2, 0.25) is 0 Å². The van der Waals surface area contributed by atoms with Gasteiger partial charge in [-0.25, -0.2) is 0 Å². The molecule has 1 aliphatic rings. The molecule has 0 amide bonds. The van der Waals surface area contributed by atoms with Crippen LogP contribution in [-0.4, -0.2) is 11.5 Å². The first-order chi connectivity index (χ1) is 7.93. The Morgan fingerprint density at radius 1 is 1.00 bits per heavy atom. The van der Waals surface area contributed by atoms with Crippen molar-refractivity contribution >= 4 is 0 Å². The minimum atomic E-state index is 0.956. The van der Waals surface area contributed by atoms with Crippen molar-refractivity contribution in [3.8, 4) is 11.3 Å². The maximum Gasteiger partial charge on any atom is 0.0705 e. The number of fused-ring (bicyclic) bond motifs is 1. The summed E-state index contributed by atoms with van der Waals surface area (Å²) < 4.78 is 0. The van der Waals surface area contributed by atoms with E-state index in [1.807, 2.05) is 6.07 Å². The average molecular weight is 210 g/mol. The molecule has 2 heterocycles. The third kappa shape index (κ3) is 1.72. The van der Waals surface area contributed by atoms with Crippen LogP contribution in [0, 0.1) is 0 Å². The summed E-state index contributed by atoms with van der Waals surface area (Å²) in [7, 11) is 0. The minimum absolute atomic E-state index is 0.956. The molecule has 2 heteroatoms. The van der Waals surface area contributed by atoms with Crippen LogP contribution < -0.4 is 5.32 Å². The molecule has 1 aromatic carbocycles. The summed E-state index contributed by atoms with van der Waals surface area (Å²) in [5.74, 6) is 0. The maximum absolute atomic E-state index is 4.74. The van der Waals surface area contributed by atoms with E-state index < -0.39 is 0 Å². The zero-order valence-electron chi connectivity index (χ0n) is 9.11. The van der Waals surface area contributed by atoms with Crippen LogP contribution in [-0.2, 0) is 13.0 Å². The van der Waals surface area contributed by atoms with Gasteiger partial charge >= 0.3 is 0 Å². The molecule has 0 saturated carbocycles. The van der Waals surface area contributed by atoms with E-state index in [-0.39, 0.29) is 0 Å². The molecule has 80 valence electrons. The standard InChI is InChI=1S/C14H14N2/c1-2-4-11(5-3-1)13-7-6-12-10-15-9-8-14(12)16-13/h1-7,15H,8-10H2. The highest BCUT2D eigenvalue weighted by molar-refractivity contribution is 5.59. The van der Waals surface area contributed by atoms with Gasteiger partial charge in [-0.2, -0.15) is 0 Å². The molecule has 1 aromatic heterocycles. The molecule has 0 unspecified atom stereocenters. The number of hydrogen-bond donors (Lipinski definition) is 1. The first-order valence-electron chi connectivity index (χ1n) is 5.68. The summed E-state index contributed by atoms with van der Waals surface area (Å²) >= 11 is 0. The molecule has 3 rings (SSSR count). The molecule has 0 atom stereocenters. The van der Waals surface area contributed by atoms with E-state index in [9.17, 15) is 0 Å². The highest BCUT2D eigenvalue weighted by Gasteiger charge is 2.10. The van der Waals surface area contributed by atoms with Crippen molar-refractivity contribution in [2.24, 2.45) is 0 Å². The lowest BCUT2D eigenvalue weighted by molar-refractivity contribution is 0.631. The van der Waals surface area contributed by atoms with Crippen LogP contribution in [0.25, 0.3) is 11.3 Å². The third-order valence-corrected chi connectivity index (χ3v) is 2.99. The topological polar surface area (TPSA) is 24.9 Å². The van der Waals surface area contributed by atoms with Crippen LogP contribution in [0.4, 0.5) is 0 Å². The number of hydrogen-bond acceptors (Lipinski definition) is 2. The lowest BCUT2D eigenvalue weighted by atomic mass is 10.0. The van der Waals surface area contributed by atoms with Gasteiger partial charge in [-0.05, 0) is 11.6 Å². The van der Waals surface area contributed by atoms with E-state index in [0.717, 1.165) is 25.2 Å². The fourth-order valence-electron chi connectivity index (χ4n) is 2.11. The van der Waals surface area contributed by atoms with E-state index >= 15 is 0 Å². The van der Waals surface area contributed by atoms with Gasteiger partial charge in [-0.3, -0.25) is 4.98 Å². The SMILES string of the molecule is c1ccc(-c2ccc3c(n2)CCNC3)cc1. The monoisotopic (exact) mass is 210 g/mol. The molecule has 1 aliphatic heterocycles. The highest BCUT2D eigenvalue weighted by Crippen LogP contribution is 2.20. The number of nitrogens with one attached hydrogen (secondary N) is 1. The predicted octanol–water partition coefficient (Wildman–Crippen LogP) is 2.39. The lowest BCUT2D eigenvalue weighted by Crippen LogP contribution is -2.24. The Kier molecular flexibility index (Phi) is 2.43. The molecule has 16 heavy (non-hydrogen) atoms. The Bertz CT molecular complexity index is 491. The van der Waals surface area contributed by atoms with Gasteiger partial charge in [0.1, 0.15) is 0 Å². The first-order valence-corrected chi connectivity index (χ1v) is 5.68. The summed E-state index contributed by atoms with van der Waals surface area (Å²) in [5, 5.41) is 3.36. The number of pyridine rings is 1. The Morgan fingerprint density at radius 2 is 1.88 bits per heavy atom. The fraction of sp³-hybridized carbons (Fsp3) is 0.214. The van der Waals surface area contributed by atoms with Crippen LogP contribution in [0.1, 0.15) is 11.3 Å². The molecule has 1 N–H and O–H groups in total. The molecule has 0 bridgehead atoms. The molecule has 0 fully saturated rings. The van der Waals surface area contributed by atoms with Gasteiger partial charge in [-0.1, -0.05) is 36.4 Å². The molecular weight excluding hydrogens is 196 g/mol. The van der Waals surface area contributed by atoms with E-state index in [2.05, 4.69) is 41.7 Å². The summed E-state index contributed by atoms with van der Waals surface area (Å²) in [6, 6.07) is 14.7. The molecule has 2 aromatic rings. The van der Waals surface area contributed by atoms with Crippen molar-refractivity contribution in [2.45, 2.75) is 13.0 Å². The van der Waals surface area contributed by atoms with E-state index in [4.69, 9.17) is 4.98 Å². The average Bonchev–Trinajstić information content (AvgIpc) is 2.39. The van der Waals surface area contributed by atoms with Crippen LogP contribution in [0.15, 0.2) is 42.5 Å². The van der Waals surface area contributed by atoms with Gasteiger partial charge < -0.3 is 5.32 Å². The third-order valence-electron chi connectivity index (χ3n) is 2.99. The van der Waals surface area contributed by atoms with E-state index in [0.29, 0.717) is 0 Å². The molecule has 0 aliphatic carbocycles. The lowest BCUT2D eigenvalue weighted by Gasteiger charge is -2.16. The Hall–Kier alpha value is -1.67. The summed E-state index contributed by atoms with van der Waals surface area (Å²) in [5.41, 5.74) is 4.87. The van der Waals surface area contributed by atoms with Gasteiger partial charge in [-0.15, -0.1) is 0 Å². The maximum atomic E-state index is 4.74. The quantitative estimate of drug-likeness (QED) is 0.781. The van der Waals surface area contributed by atoms with Gasteiger partial charge in [0.2, 0.25) is 0 Å². The van der Waals surface area contributed by atoms with Gasteiger partial charge in [0, 0.05) is 30.8 Å². The van der Waals surface area contributed by atoms with Crippen molar-refractivity contribution in [1.82, 2.24) is 10.3 Å². The molecule has 0 radical (unpaired) electrons. The number of nitrogens with zero attached hydrogens (tertiary/aromatic N) is 1. The van der Waals surface area contributed by atoms with E-state index in [1.165, 1.54) is 16.8 Å². The number of aromatic nitrogens is 1. The highest BCUT2D eigenvalue weighted by atomic mass is 14.9. The predicted molar refractivity (Wildman–Crippen MR) is 65.1 cm³/mol. The van der Waals surface area contributed by atoms with Crippen molar-refractivity contribution in [3.63, 3.8) is 0 Å². The van der Waals surface area contributed by atoms with Gasteiger partial charge in [0.25, 0.3) is 0 Å². The van der Waals surface area contributed by atoms with E-state index in [1.54, 1.807) is 0 Å². The zero-order valence-corrected chi connectivity index (χ0v) is 9.11. The number of rotatable bonds is 1. The smallest absolute Gasteiger partial charge is 0.0705 e. The van der Waals surface area contributed by atoms with Gasteiger partial charge in [0.05, 0.1) is 5.69 Å². The normalized spacial score (nSPS) is 14.5. The van der Waals surface area contributed by atoms with Crippen molar-refractivity contribution in [3.05, 3.63) is 53.7 Å². The molecule has 2 nitrogen and oxygen atoms in total. The second-order valence-corrected chi connectivity index (χ2v) is 4.10. The van der Waals surface area contributed by atoms with Crippen molar-refractivity contribution < 1.29 is 0 Å². The Balaban J connectivity index is 2.03. The zero-order chi connectivity index (χ0) is 10.8. The van der Waals surface area contributed by atoms with Gasteiger partial charge in [0.15, 0.2) is 0 Å².